The molecule has 1 fully saturated rings. The molecule has 1 saturated heterocycles. The van der Waals surface area contributed by atoms with Gasteiger partial charge in [-0.25, -0.2) is 24.3 Å². The summed E-state index contributed by atoms with van der Waals surface area (Å²) in [5.74, 6) is 1.75. The summed E-state index contributed by atoms with van der Waals surface area (Å²) in [6.07, 6.45) is 6.61. The van der Waals surface area contributed by atoms with Crippen LogP contribution in [0.3, 0.4) is 0 Å². The monoisotopic (exact) mass is 495 g/mol. The number of hydrogen-bond acceptors (Lipinski definition) is 8. The Morgan fingerprint density at radius 3 is 2.79 bits per heavy atom. The molecule has 10 heteroatoms. The lowest BCUT2D eigenvalue weighted by molar-refractivity contribution is 0.126. The summed E-state index contributed by atoms with van der Waals surface area (Å²) in [7, 11) is 0. The first-order valence-electron chi connectivity index (χ1n) is 11.2. The number of hydrogen-bond donors (Lipinski definition) is 2. The fourth-order valence-electron chi connectivity index (χ4n) is 5.37. The molecule has 3 aromatic rings. The van der Waals surface area contributed by atoms with E-state index in [2.05, 4.69) is 14.9 Å². The van der Waals surface area contributed by atoms with Crippen LogP contribution in [-0.4, -0.2) is 38.8 Å². The summed E-state index contributed by atoms with van der Waals surface area (Å²) in [6.45, 7) is 1.67. The molecule has 0 saturated carbocycles. The molecule has 6 rings (SSSR count). The number of aliphatic imine (C=N–C) groups is 1. The van der Waals surface area contributed by atoms with Gasteiger partial charge < -0.3 is 16.4 Å². The maximum Gasteiger partial charge on any atom is 0.176 e. The molecule has 1 atom stereocenters. The minimum Gasteiger partial charge on any atom is -0.382 e. The lowest BCUT2D eigenvalue weighted by Gasteiger charge is -2.42. The summed E-state index contributed by atoms with van der Waals surface area (Å²) in [5, 5.41) is 1.15. The molecule has 0 amide bonds. The van der Waals surface area contributed by atoms with Gasteiger partial charge in [0.1, 0.15) is 22.5 Å². The minimum absolute atomic E-state index is 0.0843. The molecule has 34 heavy (non-hydrogen) atoms. The number of nitrogen functional groups attached to an aromatic ring is 1. The third kappa shape index (κ3) is 3.54. The number of anilines is 1. The number of nitrogens with two attached hydrogens (primary N) is 2. The van der Waals surface area contributed by atoms with Crippen LogP contribution < -0.4 is 11.5 Å². The zero-order chi connectivity index (χ0) is 23.4. The number of halogens is 2. The summed E-state index contributed by atoms with van der Waals surface area (Å²) >= 11 is 7.67. The number of fused-ring (bicyclic) bond motifs is 2. The van der Waals surface area contributed by atoms with Crippen molar-refractivity contribution in [1.82, 2.24) is 19.9 Å². The van der Waals surface area contributed by atoms with Crippen LogP contribution in [0, 0.1) is 11.2 Å². The van der Waals surface area contributed by atoms with Crippen molar-refractivity contribution in [3.8, 4) is 0 Å². The third-order valence-corrected chi connectivity index (χ3v) is 8.71. The summed E-state index contributed by atoms with van der Waals surface area (Å²) < 4.78 is 14.4. The molecule has 174 valence electrons. The molecule has 4 N–H and O–H groups in total. The molecule has 0 unspecified atom stereocenters. The van der Waals surface area contributed by atoms with Crippen molar-refractivity contribution in [2.75, 3.05) is 18.8 Å². The fraction of sp³-hybridized carbons (Fsp3) is 0.333. The normalized spacial score (nSPS) is 20.4. The van der Waals surface area contributed by atoms with Crippen LogP contribution in [0.25, 0.3) is 0 Å². The smallest absolute Gasteiger partial charge is 0.176 e. The topological polar surface area (TPSA) is 106 Å². The van der Waals surface area contributed by atoms with E-state index < -0.39 is 0 Å². The summed E-state index contributed by atoms with van der Waals surface area (Å²) in [4.78, 5) is 21.1. The van der Waals surface area contributed by atoms with E-state index in [-0.39, 0.29) is 17.3 Å². The maximum absolute atomic E-state index is 14.4. The molecule has 0 bridgehead atoms. The summed E-state index contributed by atoms with van der Waals surface area (Å²) in [6, 6.07) is 6.86. The predicted molar refractivity (Wildman–Crippen MR) is 131 cm³/mol. The van der Waals surface area contributed by atoms with Gasteiger partial charge in [-0.3, -0.25) is 0 Å². The number of nitrogens with zero attached hydrogens (tertiary/aromatic N) is 5. The zero-order valence-electron chi connectivity index (χ0n) is 18.3. The average molecular weight is 496 g/mol. The average Bonchev–Trinajstić information content (AvgIpc) is 3.37. The highest BCUT2D eigenvalue weighted by atomic mass is 35.5. The number of piperidine rings is 1. The number of benzene rings is 1. The van der Waals surface area contributed by atoms with Crippen molar-refractivity contribution < 1.29 is 4.39 Å². The van der Waals surface area contributed by atoms with E-state index in [9.17, 15) is 4.39 Å². The predicted octanol–water partition coefficient (Wildman–Crippen LogP) is 4.32. The van der Waals surface area contributed by atoms with Crippen LogP contribution in [0.15, 0.2) is 51.6 Å². The second-order valence-electron chi connectivity index (χ2n) is 9.11. The second-order valence-corrected chi connectivity index (χ2v) is 10.6. The standard InChI is InChI=1S/C24H23ClFN7S/c25-20-16(4-7-29-22(20)28)34-18-12-30-23-15(31-18)10-17(32-23)33-8-5-24(6-9-33)11-13-2-1-3-14(26)19(13)21(24)27/h1-4,7,12,21H,5-6,8-11,27H2,(H2,28,29)/t21-/m1/s1. The van der Waals surface area contributed by atoms with E-state index in [0.717, 1.165) is 59.4 Å². The number of amidine groups is 1. The van der Waals surface area contributed by atoms with Gasteiger partial charge in [0, 0.05) is 35.8 Å². The van der Waals surface area contributed by atoms with Crippen LogP contribution in [0.2, 0.25) is 5.02 Å². The van der Waals surface area contributed by atoms with Crippen LogP contribution in [-0.2, 0) is 12.8 Å². The van der Waals surface area contributed by atoms with Gasteiger partial charge in [0.15, 0.2) is 5.82 Å². The first-order chi connectivity index (χ1) is 16.4. The first kappa shape index (κ1) is 21.8. The molecule has 1 spiro atoms. The number of aromatic nitrogens is 3. The lowest BCUT2D eigenvalue weighted by atomic mass is 9.73. The van der Waals surface area contributed by atoms with Crippen molar-refractivity contribution in [2.45, 2.75) is 41.6 Å². The van der Waals surface area contributed by atoms with E-state index >= 15 is 0 Å². The number of rotatable bonds is 2. The molecule has 2 aromatic heterocycles. The Bertz CT molecular complexity index is 1320. The summed E-state index contributed by atoms with van der Waals surface area (Å²) in [5.41, 5.74) is 14.9. The Kier molecular flexibility index (Phi) is 5.24. The van der Waals surface area contributed by atoms with Gasteiger partial charge in [0.2, 0.25) is 0 Å². The van der Waals surface area contributed by atoms with Crippen molar-refractivity contribution in [2.24, 2.45) is 16.1 Å². The quantitative estimate of drug-likeness (QED) is 0.545. The minimum atomic E-state index is -0.259. The van der Waals surface area contributed by atoms with Crippen molar-refractivity contribution in [1.29, 1.82) is 0 Å². The van der Waals surface area contributed by atoms with Gasteiger partial charge in [-0.05, 0) is 42.4 Å². The van der Waals surface area contributed by atoms with Crippen LogP contribution >= 0.6 is 23.4 Å². The van der Waals surface area contributed by atoms with Crippen LogP contribution in [0.5, 0.6) is 0 Å². The first-order valence-corrected chi connectivity index (χ1v) is 12.4. The Labute approximate surface area is 205 Å². The molecule has 4 heterocycles. The molecule has 1 aliphatic carbocycles. The lowest BCUT2D eigenvalue weighted by Crippen LogP contribution is -2.46. The van der Waals surface area contributed by atoms with E-state index in [1.165, 1.54) is 17.8 Å². The third-order valence-electron chi connectivity index (χ3n) is 7.24. The van der Waals surface area contributed by atoms with E-state index in [1.54, 1.807) is 18.5 Å². The van der Waals surface area contributed by atoms with Gasteiger partial charge in [0.05, 0.1) is 23.3 Å². The number of pyridine rings is 1. The van der Waals surface area contributed by atoms with Crippen LogP contribution in [0.1, 0.15) is 35.7 Å². The fourth-order valence-corrected chi connectivity index (χ4v) is 6.41. The number of likely N-dealkylation sites (tertiary alicyclic amines) is 1. The Morgan fingerprint density at radius 2 is 2.00 bits per heavy atom. The highest BCUT2D eigenvalue weighted by Gasteiger charge is 2.47. The maximum atomic E-state index is 14.4. The van der Waals surface area contributed by atoms with Gasteiger partial charge in [0.25, 0.3) is 0 Å². The Morgan fingerprint density at radius 1 is 1.18 bits per heavy atom. The van der Waals surface area contributed by atoms with E-state index in [4.69, 9.17) is 33.0 Å². The zero-order valence-corrected chi connectivity index (χ0v) is 19.9. The highest BCUT2D eigenvalue weighted by Crippen LogP contribution is 2.51. The van der Waals surface area contributed by atoms with Gasteiger partial charge in [-0.15, -0.1) is 0 Å². The molecule has 2 aliphatic heterocycles. The Hall–Kier alpha value is -2.75. The molecular formula is C24H23ClFN7S. The molecular weight excluding hydrogens is 473 g/mol. The molecule has 0 radical (unpaired) electrons. The largest absolute Gasteiger partial charge is 0.382 e. The molecule has 3 aliphatic rings. The van der Waals surface area contributed by atoms with Crippen molar-refractivity contribution in [3.05, 3.63) is 64.3 Å². The van der Waals surface area contributed by atoms with Gasteiger partial charge in [-0.2, -0.15) is 0 Å². The van der Waals surface area contributed by atoms with E-state index in [1.807, 2.05) is 12.1 Å². The SMILES string of the molecule is Nc1nccc(Sc2cnc3c(n2)CC(N2CCC4(CC2)Cc2cccc(F)c2[C@H]4N)=N3)c1Cl. The highest BCUT2D eigenvalue weighted by molar-refractivity contribution is 7.99. The molecule has 1 aromatic carbocycles. The second kappa shape index (κ2) is 8.18. The van der Waals surface area contributed by atoms with Gasteiger partial charge >= 0.3 is 0 Å². The van der Waals surface area contributed by atoms with Crippen molar-refractivity contribution >= 4 is 40.8 Å². The Balaban J connectivity index is 1.14. The van der Waals surface area contributed by atoms with E-state index in [0.29, 0.717) is 28.6 Å². The van der Waals surface area contributed by atoms with Crippen molar-refractivity contribution in [3.63, 3.8) is 0 Å². The van der Waals surface area contributed by atoms with Gasteiger partial charge in [-0.1, -0.05) is 35.5 Å². The molecule has 7 nitrogen and oxygen atoms in total. The van der Waals surface area contributed by atoms with Crippen LogP contribution in [0.4, 0.5) is 16.0 Å².